The third-order valence-corrected chi connectivity index (χ3v) is 4.97. The van der Waals surface area contributed by atoms with E-state index in [1.807, 2.05) is 0 Å². The molecule has 0 bridgehead atoms. The van der Waals surface area contributed by atoms with Gasteiger partial charge in [-0.25, -0.2) is 9.37 Å². The topological polar surface area (TPSA) is 62.3 Å². The molecule has 1 aromatic carbocycles. The molecule has 7 heteroatoms. The van der Waals surface area contributed by atoms with Crippen LogP contribution in [0.2, 0.25) is 0 Å². The zero-order chi connectivity index (χ0) is 17.6. The van der Waals surface area contributed by atoms with Crippen molar-refractivity contribution in [2.75, 3.05) is 18.4 Å². The van der Waals surface area contributed by atoms with E-state index in [4.69, 9.17) is 0 Å². The second-order valence-electron chi connectivity index (χ2n) is 6.03. The van der Waals surface area contributed by atoms with Gasteiger partial charge in [-0.15, -0.1) is 11.3 Å². The minimum atomic E-state index is -0.685. The van der Waals surface area contributed by atoms with E-state index in [9.17, 15) is 14.0 Å². The zero-order valence-corrected chi connectivity index (χ0v) is 14.7. The Bertz CT molecular complexity index is 754. The number of hydrogen-bond acceptors (Lipinski definition) is 4. The number of thiazole rings is 1. The number of nitrogens with zero attached hydrogens (tertiary/aromatic N) is 2. The lowest BCUT2D eigenvalue weighted by Gasteiger charge is -2.23. The van der Waals surface area contributed by atoms with Crippen LogP contribution in [0.3, 0.4) is 0 Å². The number of halogens is 1. The lowest BCUT2D eigenvalue weighted by Crippen LogP contribution is -2.41. The van der Waals surface area contributed by atoms with Gasteiger partial charge in [-0.3, -0.25) is 14.9 Å². The molecule has 1 N–H and O–H groups in total. The van der Waals surface area contributed by atoms with Crippen molar-refractivity contribution in [3.63, 3.8) is 0 Å². The third-order valence-electron chi connectivity index (χ3n) is 4.21. The molecule has 0 unspecified atom stereocenters. The molecule has 1 aromatic heterocycles. The van der Waals surface area contributed by atoms with E-state index in [1.165, 1.54) is 23.8 Å². The first-order valence-electron chi connectivity index (χ1n) is 8.46. The molecule has 0 saturated carbocycles. The van der Waals surface area contributed by atoms with Crippen LogP contribution in [0.25, 0.3) is 11.3 Å². The third kappa shape index (κ3) is 4.42. The molecule has 0 atom stereocenters. The average molecular weight is 361 g/mol. The van der Waals surface area contributed by atoms with Crippen LogP contribution in [0.1, 0.15) is 32.1 Å². The highest BCUT2D eigenvalue weighted by Gasteiger charge is 2.23. The number of nitrogens with one attached hydrogen (secondary N) is 1. The van der Waals surface area contributed by atoms with Gasteiger partial charge in [0, 0.05) is 24.0 Å². The summed E-state index contributed by atoms with van der Waals surface area (Å²) in [5.74, 6) is -1.58. The smallest absolute Gasteiger partial charge is 0.315 e. The lowest BCUT2D eigenvalue weighted by atomic mass is 10.1. The van der Waals surface area contributed by atoms with Crippen LogP contribution in [0.4, 0.5) is 9.52 Å². The van der Waals surface area contributed by atoms with Crippen molar-refractivity contribution in [3.8, 4) is 11.3 Å². The summed E-state index contributed by atoms with van der Waals surface area (Å²) in [6, 6.07) is 6.32. The normalized spacial score (nSPS) is 15.3. The van der Waals surface area contributed by atoms with Gasteiger partial charge in [0.05, 0.1) is 5.69 Å². The first kappa shape index (κ1) is 17.5. The number of carbonyl (C=O) groups excluding carboxylic acids is 2. The fraction of sp³-hybridized carbons (Fsp3) is 0.389. The van der Waals surface area contributed by atoms with Crippen molar-refractivity contribution in [1.82, 2.24) is 9.88 Å². The summed E-state index contributed by atoms with van der Waals surface area (Å²) in [6.07, 6.45) is 5.21. The van der Waals surface area contributed by atoms with Crippen molar-refractivity contribution >= 4 is 28.3 Å². The fourth-order valence-corrected chi connectivity index (χ4v) is 3.57. The molecule has 3 rings (SSSR count). The minimum absolute atomic E-state index is 0.295. The molecule has 5 nitrogen and oxygen atoms in total. The Labute approximate surface area is 149 Å². The van der Waals surface area contributed by atoms with E-state index >= 15 is 0 Å². The molecule has 1 saturated heterocycles. The van der Waals surface area contributed by atoms with E-state index in [2.05, 4.69) is 10.3 Å². The number of likely N-dealkylation sites (tertiary alicyclic amines) is 1. The van der Waals surface area contributed by atoms with Gasteiger partial charge in [-0.1, -0.05) is 31.4 Å². The van der Waals surface area contributed by atoms with Gasteiger partial charge in [-0.05, 0) is 25.0 Å². The molecule has 1 aliphatic heterocycles. The number of rotatable bonds is 2. The molecule has 1 fully saturated rings. The van der Waals surface area contributed by atoms with Gasteiger partial charge in [0.2, 0.25) is 0 Å². The monoisotopic (exact) mass is 361 g/mol. The molecule has 2 heterocycles. The second kappa shape index (κ2) is 8.20. The Kier molecular flexibility index (Phi) is 5.75. The van der Waals surface area contributed by atoms with Crippen LogP contribution >= 0.6 is 11.3 Å². The molecule has 0 radical (unpaired) electrons. The molecule has 2 aromatic rings. The van der Waals surface area contributed by atoms with E-state index < -0.39 is 11.8 Å². The van der Waals surface area contributed by atoms with Gasteiger partial charge in [0.1, 0.15) is 5.82 Å². The summed E-state index contributed by atoms with van der Waals surface area (Å²) in [7, 11) is 0. The summed E-state index contributed by atoms with van der Waals surface area (Å²) in [6.45, 7) is 1.23. The first-order chi connectivity index (χ1) is 12.1. The Morgan fingerprint density at radius 3 is 2.48 bits per heavy atom. The highest BCUT2D eigenvalue weighted by molar-refractivity contribution is 7.14. The van der Waals surface area contributed by atoms with Crippen molar-refractivity contribution in [3.05, 3.63) is 35.5 Å². The molecular formula is C18H20FN3O2S. The first-order valence-corrected chi connectivity index (χ1v) is 9.34. The number of amides is 2. The van der Waals surface area contributed by atoms with E-state index in [-0.39, 0.29) is 5.82 Å². The number of hydrogen-bond donors (Lipinski definition) is 1. The maximum Gasteiger partial charge on any atom is 0.315 e. The van der Waals surface area contributed by atoms with Crippen molar-refractivity contribution in [2.24, 2.45) is 0 Å². The second-order valence-corrected chi connectivity index (χ2v) is 6.89. The van der Waals surface area contributed by atoms with Gasteiger partial charge < -0.3 is 4.90 Å². The summed E-state index contributed by atoms with van der Waals surface area (Å²) in [5.41, 5.74) is 0.812. The Morgan fingerprint density at radius 2 is 1.76 bits per heavy atom. The molecular weight excluding hydrogens is 341 g/mol. The summed E-state index contributed by atoms with van der Waals surface area (Å²) in [5, 5.41) is 4.50. The Hall–Kier alpha value is -2.28. The molecule has 132 valence electrons. The molecule has 2 amide bonds. The van der Waals surface area contributed by atoms with Crippen LogP contribution in [0, 0.1) is 5.82 Å². The summed E-state index contributed by atoms with van der Waals surface area (Å²) >= 11 is 1.17. The lowest BCUT2D eigenvalue weighted by molar-refractivity contribution is -0.143. The highest BCUT2D eigenvalue weighted by atomic mass is 32.1. The Morgan fingerprint density at radius 1 is 1.08 bits per heavy atom. The van der Waals surface area contributed by atoms with Crippen molar-refractivity contribution in [1.29, 1.82) is 0 Å². The van der Waals surface area contributed by atoms with Crippen molar-refractivity contribution < 1.29 is 14.0 Å². The summed E-state index contributed by atoms with van der Waals surface area (Å²) < 4.78 is 13.8. The predicted octanol–water partition coefficient (Wildman–Crippen LogP) is 3.68. The van der Waals surface area contributed by atoms with Crippen LogP contribution in [0.15, 0.2) is 29.6 Å². The van der Waals surface area contributed by atoms with Gasteiger partial charge in [-0.2, -0.15) is 0 Å². The maximum atomic E-state index is 13.8. The zero-order valence-electron chi connectivity index (χ0n) is 13.8. The highest BCUT2D eigenvalue weighted by Crippen LogP contribution is 2.26. The number of anilines is 1. The molecule has 0 spiro atoms. The van der Waals surface area contributed by atoms with Gasteiger partial charge in [0.25, 0.3) is 0 Å². The SMILES string of the molecule is O=C(Nc1nc(-c2ccccc2F)cs1)C(=O)N1CCCCCCC1. The largest absolute Gasteiger partial charge is 0.334 e. The molecule has 0 aliphatic carbocycles. The van der Waals surface area contributed by atoms with Crippen LogP contribution in [0.5, 0.6) is 0 Å². The van der Waals surface area contributed by atoms with Crippen LogP contribution < -0.4 is 5.32 Å². The maximum absolute atomic E-state index is 13.8. The minimum Gasteiger partial charge on any atom is -0.334 e. The van der Waals surface area contributed by atoms with E-state index in [1.54, 1.807) is 28.5 Å². The fourth-order valence-electron chi connectivity index (χ4n) is 2.87. The van der Waals surface area contributed by atoms with E-state index in [0.717, 1.165) is 25.7 Å². The predicted molar refractivity (Wildman–Crippen MR) is 95.8 cm³/mol. The van der Waals surface area contributed by atoms with Crippen LogP contribution in [-0.2, 0) is 9.59 Å². The standard InChI is InChI=1S/C18H20FN3O2S/c19-14-9-5-4-8-13(14)15-12-25-18(20-15)21-16(23)17(24)22-10-6-2-1-3-7-11-22/h4-5,8-9,12H,1-3,6-7,10-11H2,(H,20,21,23). The van der Waals surface area contributed by atoms with Crippen LogP contribution in [-0.4, -0.2) is 34.8 Å². The molecule has 1 aliphatic rings. The molecule has 25 heavy (non-hydrogen) atoms. The number of carbonyl (C=O) groups is 2. The van der Waals surface area contributed by atoms with E-state index in [0.29, 0.717) is 29.5 Å². The van der Waals surface area contributed by atoms with Gasteiger partial charge >= 0.3 is 11.8 Å². The van der Waals surface area contributed by atoms with Gasteiger partial charge in [0.15, 0.2) is 5.13 Å². The van der Waals surface area contributed by atoms with Crippen molar-refractivity contribution in [2.45, 2.75) is 32.1 Å². The quantitative estimate of drug-likeness (QED) is 0.830. The summed E-state index contributed by atoms with van der Waals surface area (Å²) in [4.78, 5) is 30.4. The average Bonchev–Trinajstić information content (AvgIpc) is 3.02. The Balaban J connectivity index is 1.65. The number of aromatic nitrogens is 1. The number of benzene rings is 1.